The molecule has 7 N–H and O–H groups in total. The van der Waals surface area contributed by atoms with Crippen LogP contribution in [0, 0.1) is 11.8 Å². The van der Waals surface area contributed by atoms with E-state index in [1.807, 2.05) is 6.26 Å². The van der Waals surface area contributed by atoms with Crippen molar-refractivity contribution in [3.8, 4) is 11.8 Å². The van der Waals surface area contributed by atoms with Crippen molar-refractivity contribution in [2.24, 2.45) is 0 Å². The van der Waals surface area contributed by atoms with Gasteiger partial charge in [-0.15, -0.1) is 0 Å². The Kier molecular flexibility index (Phi) is 20.8. The summed E-state index contributed by atoms with van der Waals surface area (Å²) in [5.41, 5.74) is 6.92. The molecular weight excluding hydrogens is 884 g/mol. The van der Waals surface area contributed by atoms with E-state index in [1.54, 1.807) is 39.5 Å². The van der Waals surface area contributed by atoms with Gasteiger partial charge in [-0.1, -0.05) is 55.0 Å². The van der Waals surface area contributed by atoms with Gasteiger partial charge in [0.25, 0.3) is 0 Å². The van der Waals surface area contributed by atoms with Gasteiger partial charge < -0.3 is 58.9 Å². The summed E-state index contributed by atoms with van der Waals surface area (Å²) in [5, 5.41) is 2.97. The highest BCUT2D eigenvalue weighted by atomic mass is 33.1. The highest BCUT2D eigenvalue weighted by Crippen LogP contribution is 2.66. The number of aromatic nitrogens is 3. The maximum atomic E-state index is 12.4. The number of phosphoric ester groups is 1. The lowest BCUT2D eigenvalue weighted by molar-refractivity contribution is -0.0520. The molecule has 5 atom stereocenters. The van der Waals surface area contributed by atoms with Crippen LogP contribution in [0.5, 0.6) is 0 Å². The molecule has 28 heteroatoms. The molecule has 1 aliphatic rings. The molecule has 1 aliphatic heterocycles. The van der Waals surface area contributed by atoms with Crippen molar-refractivity contribution < 1.29 is 74.9 Å². The number of rotatable bonds is 25. The predicted molar refractivity (Wildman–Crippen MR) is 213 cm³/mol. The Morgan fingerprint density at radius 3 is 2.55 bits per heavy atom. The van der Waals surface area contributed by atoms with Crippen LogP contribution in [0.1, 0.15) is 51.3 Å². The van der Waals surface area contributed by atoms with Crippen LogP contribution in [0.25, 0.3) is 11.0 Å². The molecule has 21 nitrogen and oxygen atoms in total. The molecule has 0 aromatic carbocycles. The van der Waals surface area contributed by atoms with Gasteiger partial charge in [-0.25, -0.2) is 28.5 Å². The molecule has 3 heterocycles. The summed E-state index contributed by atoms with van der Waals surface area (Å²) in [4.78, 5) is 57.6. The summed E-state index contributed by atoms with van der Waals surface area (Å²) in [6, 6.07) is 0. The number of fused-ring (bicyclic) bond motifs is 1. The van der Waals surface area contributed by atoms with Crippen LogP contribution in [0.3, 0.4) is 0 Å². The maximum absolute atomic E-state index is 12.4. The van der Waals surface area contributed by atoms with Gasteiger partial charge in [0.05, 0.1) is 36.8 Å². The second-order valence-corrected chi connectivity index (χ2v) is 21.9. The molecule has 0 radical (unpaired) electrons. The van der Waals surface area contributed by atoms with Gasteiger partial charge >= 0.3 is 29.6 Å². The number of nitrogens with zero attached hydrogens (tertiary/aromatic N) is 3. The predicted octanol–water partition coefficient (Wildman–Crippen LogP) is 5.03. The van der Waals surface area contributed by atoms with Crippen molar-refractivity contribution in [3.05, 3.63) is 18.1 Å². The summed E-state index contributed by atoms with van der Waals surface area (Å²) in [5.74, 6) is 6.65. The second kappa shape index (κ2) is 23.6. The fourth-order valence-electron chi connectivity index (χ4n) is 4.70. The Balaban J connectivity index is 1.55. The lowest BCUT2D eigenvalue weighted by Gasteiger charge is -2.22. The smallest absolute Gasteiger partial charge is 0.450 e. The van der Waals surface area contributed by atoms with Crippen LogP contribution in [0.4, 0.5) is 10.6 Å². The Hall–Kier alpha value is -1.10. The first-order valence-electron chi connectivity index (χ1n) is 16.4. The molecule has 318 valence electrons. The summed E-state index contributed by atoms with van der Waals surface area (Å²) in [7, 11) is -8.83. The summed E-state index contributed by atoms with van der Waals surface area (Å²) >= 11 is 0. The number of methoxy groups -OCH3 is 1. The number of ether oxygens (including phenoxy) is 5. The molecule has 0 spiro atoms. The molecule has 1 saturated heterocycles. The molecule has 0 aliphatic carbocycles. The fourth-order valence-corrected chi connectivity index (χ4v) is 10.8. The number of anilines is 1. The highest BCUT2D eigenvalue weighted by Gasteiger charge is 2.43. The summed E-state index contributed by atoms with van der Waals surface area (Å²) < 4.78 is 77.2. The first kappa shape index (κ1) is 49.3. The minimum atomic E-state index is -5.72. The molecule has 2 aromatic heterocycles. The van der Waals surface area contributed by atoms with E-state index in [0.717, 1.165) is 12.8 Å². The molecule has 0 saturated carbocycles. The first-order chi connectivity index (χ1) is 26.4. The molecule has 2 unspecified atom stereocenters. The third-order valence-corrected chi connectivity index (χ3v) is 15.5. The number of hydrogen-bond acceptors (Lipinski definition) is 19. The van der Waals surface area contributed by atoms with E-state index in [0.29, 0.717) is 42.2 Å². The number of carbonyl (C=O) groups is 1. The number of nitrogens with two attached hydrogens (primary N) is 1. The number of nitrogen functional groups attached to an aromatic ring is 1. The molecule has 1 fully saturated rings. The average Bonchev–Trinajstić information content (AvgIpc) is 3.68. The zero-order valence-corrected chi connectivity index (χ0v) is 36.7. The number of amides is 1. The molecule has 3 rings (SSSR count). The Labute approximate surface area is 339 Å². The zero-order valence-electron chi connectivity index (χ0n) is 30.7. The van der Waals surface area contributed by atoms with E-state index in [-0.39, 0.29) is 36.1 Å². The summed E-state index contributed by atoms with van der Waals surface area (Å²) in [6.45, 7) is 5.01. The molecule has 1 amide bonds. The van der Waals surface area contributed by atoms with Crippen molar-refractivity contribution in [1.82, 2.24) is 19.9 Å². The van der Waals surface area contributed by atoms with E-state index in [4.69, 9.17) is 43.7 Å². The van der Waals surface area contributed by atoms with Gasteiger partial charge in [0.1, 0.15) is 42.0 Å². The van der Waals surface area contributed by atoms with Gasteiger partial charge in [-0.3, -0.25) is 4.52 Å². The minimum Gasteiger partial charge on any atom is -0.450 e. The first-order valence-corrected chi connectivity index (χ1v) is 26.0. The second-order valence-electron chi connectivity index (χ2n) is 12.0. The molecule has 56 heavy (non-hydrogen) atoms. The van der Waals surface area contributed by atoms with Crippen molar-refractivity contribution in [3.63, 3.8) is 0 Å². The number of alkyl carbamates (subject to hydrolysis) is 1. The van der Waals surface area contributed by atoms with Crippen LogP contribution in [0.15, 0.2) is 12.5 Å². The van der Waals surface area contributed by atoms with E-state index in [9.17, 15) is 28.3 Å². The van der Waals surface area contributed by atoms with E-state index < -0.39 is 54.6 Å². The lowest BCUT2D eigenvalue weighted by atomic mass is 10.1. The molecule has 2 aromatic rings. The Bertz CT molecular complexity index is 1780. The lowest BCUT2D eigenvalue weighted by Crippen LogP contribution is -2.28. The Morgan fingerprint density at radius 2 is 1.84 bits per heavy atom. The summed E-state index contributed by atoms with van der Waals surface area (Å²) in [6.07, 6.45) is 3.85. The fraction of sp³-hybridized carbons (Fsp3) is 0.679. The van der Waals surface area contributed by atoms with Crippen LogP contribution in [0.2, 0.25) is 0 Å². The number of unbranched alkanes of at least 4 members (excludes halogenated alkanes) is 1. The third-order valence-electron chi connectivity index (χ3n) is 7.18. The van der Waals surface area contributed by atoms with Crippen LogP contribution in [-0.4, -0.2) is 115 Å². The molecular formula is C28H46N5O16P3S4. The maximum Gasteiger partial charge on any atom is 0.490 e. The topological polar surface area (TPSA) is 292 Å². The normalized spacial score (nSPS) is 19.6. The average molecular weight is 930 g/mol. The number of hydrogen-bond donors (Lipinski definition) is 6. The minimum absolute atomic E-state index is 0.0521. The highest BCUT2D eigenvalue weighted by molar-refractivity contribution is 8.77. The van der Waals surface area contributed by atoms with Gasteiger partial charge in [0.15, 0.2) is 0 Å². The quantitative estimate of drug-likeness (QED) is 0.0250. The van der Waals surface area contributed by atoms with Gasteiger partial charge in [0.2, 0.25) is 0 Å². The molecule has 0 bridgehead atoms. The van der Waals surface area contributed by atoms with Crippen LogP contribution < -0.4 is 11.1 Å². The largest absolute Gasteiger partial charge is 0.490 e. The van der Waals surface area contributed by atoms with Crippen molar-refractivity contribution in [2.75, 3.05) is 63.9 Å². The number of carbonyl (C=O) groups excluding carboxylic acids is 1. The van der Waals surface area contributed by atoms with Crippen molar-refractivity contribution in [2.45, 2.75) is 62.7 Å². The third kappa shape index (κ3) is 18.0. The van der Waals surface area contributed by atoms with E-state index in [2.05, 4.69) is 49.6 Å². The zero-order chi connectivity index (χ0) is 41.4. The van der Waals surface area contributed by atoms with Crippen molar-refractivity contribution in [1.29, 1.82) is 0 Å². The van der Waals surface area contributed by atoms with E-state index in [1.165, 1.54) is 27.9 Å². The monoisotopic (exact) mass is 929 g/mol. The van der Waals surface area contributed by atoms with Crippen LogP contribution in [-0.2, 0) is 50.5 Å². The SMILES string of the molecule is COCCC(C)(C)SSCOCCCCOC(=O)NCC#Cc1cn([C@H]2C[C@H](OCSSC)[C@@H](COP(=O)(O)OP(=O)(O)OP(=O)(O)O)O2)c2ncnc(N)c12. The van der Waals surface area contributed by atoms with Gasteiger partial charge in [-0.05, 0) is 39.4 Å². The van der Waals surface area contributed by atoms with Crippen LogP contribution >= 0.6 is 66.6 Å². The van der Waals surface area contributed by atoms with Gasteiger partial charge in [0, 0.05) is 37.7 Å². The van der Waals surface area contributed by atoms with E-state index >= 15 is 0 Å². The number of nitrogens with one attached hydrogen (secondary N) is 1. The van der Waals surface area contributed by atoms with Gasteiger partial charge in [-0.2, -0.15) is 8.62 Å². The standard InChI is InChI=1S/C28H46N5O16P3S4/c1-28(2,9-13-42-3)56-55-18-43-11-5-6-12-44-27(34)30-10-7-8-20-15-33(26-24(20)25(29)31-17-32-26)23-14-21(45-19-54-53-4)22(47-23)16-46-51(38,39)49-52(40,41)48-50(35,36)37/h15,17,21-23H,5-6,9-14,16,18-19H2,1-4H3,(H,30,34)(H,38,39)(H,40,41)(H2,29,31,32)(H2,35,36,37)/t21-,22+,23+/m0/s1. The Morgan fingerprint density at radius 1 is 1.09 bits per heavy atom. The number of phosphoric acid groups is 3. The van der Waals surface area contributed by atoms with Crippen molar-refractivity contribution >= 4 is 89.6 Å².